The minimum atomic E-state index is 1.23. The molecule has 102 valence electrons. The zero-order chi connectivity index (χ0) is 14.0. The van der Waals surface area contributed by atoms with E-state index >= 15 is 0 Å². The first kappa shape index (κ1) is 14.5. The van der Waals surface area contributed by atoms with Crippen molar-refractivity contribution >= 4 is 22.7 Å². The Morgan fingerprint density at radius 3 is 0.722 bits per heavy atom. The lowest BCUT2D eigenvalue weighted by atomic mass is 10.1. The second-order valence-electron chi connectivity index (χ2n) is 5.41. The Morgan fingerprint density at radius 2 is 0.611 bits per heavy atom. The first-order valence-corrected chi connectivity index (χ1v) is 6.13. The predicted molar refractivity (Wildman–Crippen MR) is 83.8 cm³/mol. The van der Waals surface area contributed by atoms with E-state index in [1.165, 1.54) is 22.7 Å². The van der Waals surface area contributed by atoms with Crippen molar-refractivity contribution in [2.45, 2.75) is 0 Å². The fourth-order valence-electron chi connectivity index (χ4n) is 1.99. The van der Waals surface area contributed by atoms with Gasteiger partial charge in [-0.3, -0.25) is 0 Å². The van der Waals surface area contributed by atoms with Crippen LogP contribution in [0, 0.1) is 0 Å². The van der Waals surface area contributed by atoms with Crippen LogP contribution in [0.15, 0.2) is 12.1 Å². The van der Waals surface area contributed by atoms with Gasteiger partial charge in [-0.15, -0.1) is 0 Å². The molecule has 0 unspecified atom stereocenters. The zero-order valence-electron chi connectivity index (χ0n) is 12.9. The lowest BCUT2D eigenvalue weighted by Gasteiger charge is -2.29. The molecule has 0 aromatic heterocycles. The smallest absolute Gasteiger partial charge is 0.0621 e. The van der Waals surface area contributed by atoms with Gasteiger partial charge in [0.1, 0.15) is 0 Å². The number of benzene rings is 1. The molecule has 0 heterocycles. The molecule has 0 atom stereocenters. The third-order valence-electron chi connectivity index (χ3n) is 3.00. The molecule has 0 saturated carbocycles. The fraction of sp³-hybridized carbons (Fsp3) is 0.571. The molecule has 0 amide bonds. The second kappa shape index (κ2) is 5.38. The van der Waals surface area contributed by atoms with E-state index in [9.17, 15) is 0 Å². The summed E-state index contributed by atoms with van der Waals surface area (Å²) in [5.41, 5.74) is 4.92. The van der Waals surface area contributed by atoms with Crippen molar-refractivity contribution in [2.75, 3.05) is 76.0 Å². The van der Waals surface area contributed by atoms with Crippen LogP contribution < -0.4 is 19.6 Å². The van der Waals surface area contributed by atoms with Gasteiger partial charge in [0.15, 0.2) is 0 Å². The van der Waals surface area contributed by atoms with E-state index in [2.05, 4.69) is 88.1 Å². The van der Waals surface area contributed by atoms with Crippen molar-refractivity contribution in [3.8, 4) is 0 Å². The highest BCUT2D eigenvalue weighted by Gasteiger charge is 2.15. The van der Waals surface area contributed by atoms with E-state index in [4.69, 9.17) is 0 Å². The molecule has 4 nitrogen and oxygen atoms in total. The monoisotopic (exact) mass is 250 g/mol. The van der Waals surface area contributed by atoms with Gasteiger partial charge < -0.3 is 19.6 Å². The molecule has 0 N–H and O–H groups in total. The summed E-state index contributed by atoms with van der Waals surface area (Å²) in [5, 5.41) is 0. The summed E-state index contributed by atoms with van der Waals surface area (Å²) in [4.78, 5) is 8.62. The van der Waals surface area contributed by atoms with E-state index < -0.39 is 0 Å². The molecule has 0 aliphatic heterocycles. The summed E-state index contributed by atoms with van der Waals surface area (Å²) < 4.78 is 0. The Labute approximate surface area is 111 Å². The van der Waals surface area contributed by atoms with Crippen LogP contribution in [0.5, 0.6) is 0 Å². The second-order valence-corrected chi connectivity index (χ2v) is 5.41. The Kier molecular flexibility index (Phi) is 4.33. The van der Waals surface area contributed by atoms with Gasteiger partial charge in [-0.25, -0.2) is 0 Å². The first-order valence-electron chi connectivity index (χ1n) is 6.13. The highest BCUT2D eigenvalue weighted by molar-refractivity contribution is 5.85. The predicted octanol–water partition coefficient (Wildman–Crippen LogP) is 1.95. The highest BCUT2D eigenvalue weighted by atomic mass is 15.2. The quantitative estimate of drug-likeness (QED) is 0.809. The van der Waals surface area contributed by atoms with E-state index in [0.29, 0.717) is 0 Å². The van der Waals surface area contributed by atoms with Crippen molar-refractivity contribution < 1.29 is 0 Å². The molecule has 1 rings (SSSR count). The molecule has 1 aromatic rings. The van der Waals surface area contributed by atoms with Gasteiger partial charge in [-0.05, 0) is 12.1 Å². The molecule has 1 aromatic carbocycles. The molecule has 0 fully saturated rings. The maximum Gasteiger partial charge on any atom is 0.0621 e. The van der Waals surface area contributed by atoms with Crippen molar-refractivity contribution in [2.24, 2.45) is 0 Å². The number of anilines is 4. The first-order chi connectivity index (χ1) is 8.25. The van der Waals surface area contributed by atoms with Crippen molar-refractivity contribution in [1.29, 1.82) is 0 Å². The molecule has 4 heteroatoms. The van der Waals surface area contributed by atoms with Gasteiger partial charge in [0.25, 0.3) is 0 Å². The van der Waals surface area contributed by atoms with Crippen LogP contribution >= 0.6 is 0 Å². The van der Waals surface area contributed by atoms with E-state index in [1.54, 1.807) is 0 Å². The van der Waals surface area contributed by atoms with Crippen LogP contribution in [0.1, 0.15) is 0 Å². The van der Waals surface area contributed by atoms with Crippen LogP contribution in [0.2, 0.25) is 0 Å². The van der Waals surface area contributed by atoms with Gasteiger partial charge in [0.05, 0.1) is 22.7 Å². The number of hydrogen-bond acceptors (Lipinski definition) is 4. The van der Waals surface area contributed by atoms with Crippen molar-refractivity contribution in [3.05, 3.63) is 12.1 Å². The lowest BCUT2D eigenvalue weighted by molar-refractivity contribution is 1.04. The van der Waals surface area contributed by atoms with Crippen LogP contribution in [-0.2, 0) is 0 Å². The van der Waals surface area contributed by atoms with Crippen LogP contribution in [-0.4, -0.2) is 56.4 Å². The molecule has 0 radical (unpaired) electrons. The standard InChI is InChI=1S/C14H26N4/c1-15(2)11-9-13(17(5)6)14(18(7)8)10-12(11)16(3)4/h9-10H,1-8H3. The van der Waals surface area contributed by atoms with Gasteiger partial charge in [-0.1, -0.05) is 0 Å². The van der Waals surface area contributed by atoms with Gasteiger partial charge in [0.2, 0.25) is 0 Å². The minimum absolute atomic E-state index is 1.23. The average molecular weight is 250 g/mol. The summed E-state index contributed by atoms with van der Waals surface area (Å²) in [6, 6.07) is 4.48. The third-order valence-corrected chi connectivity index (χ3v) is 3.00. The summed E-state index contributed by atoms with van der Waals surface area (Å²) in [6.07, 6.45) is 0. The van der Waals surface area contributed by atoms with Crippen LogP contribution in [0.3, 0.4) is 0 Å². The normalized spacial score (nSPS) is 10.2. The molecule has 0 saturated heterocycles. The molecular formula is C14H26N4. The molecule has 18 heavy (non-hydrogen) atoms. The van der Waals surface area contributed by atoms with E-state index in [0.717, 1.165) is 0 Å². The molecule has 0 aliphatic carbocycles. The van der Waals surface area contributed by atoms with Crippen LogP contribution in [0.25, 0.3) is 0 Å². The maximum atomic E-state index is 2.24. The van der Waals surface area contributed by atoms with Gasteiger partial charge in [0, 0.05) is 56.4 Å². The summed E-state index contributed by atoms with van der Waals surface area (Å²) in [7, 11) is 16.6. The van der Waals surface area contributed by atoms with Crippen LogP contribution in [0.4, 0.5) is 22.7 Å². The number of hydrogen-bond donors (Lipinski definition) is 0. The fourth-order valence-corrected chi connectivity index (χ4v) is 1.99. The Balaban J connectivity index is 3.50. The topological polar surface area (TPSA) is 13.0 Å². The molecule has 0 bridgehead atoms. The Bertz CT molecular complexity index is 334. The SMILES string of the molecule is CN(C)c1cc(N(C)C)c(N(C)C)cc1N(C)C. The Morgan fingerprint density at radius 1 is 0.444 bits per heavy atom. The largest absolute Gasteiger partial charge is 0.376 e. The third kappa shape index (κ3) is 2.81. The average Bonchev–Trinajstić information content (AvgIpc) is 2.26. The van der Waals surface area contributed by atoms with Crippen molar-refractivity contribution in [3.63, 3.8) is 0 Å². The van der Waals surface area contributed by atoms with E-state index in [-0.39, 0.29) is 0 Å². The van der Waals surface area contributed by atoms with E-state index in [1.807, 2.05) is 0 Å². The number of nitrogens with zero attached hydrogens (tertiary/aromatic N) is 4. The summed E-state index contributed by atoms with van der Waals surface area (Å²) in [6.45, 7) is 0. The lowest BCUT2D eigenvalue weighted by Crippen LogP contribution is -2.21. The minimum Gasteiger partial charge on any atom is -0.376 e. The highest BCUT2D eigenvalue weighted by Crippen LogP contribution is 2.38. The molecular weight excluding hydrogens is 224 g/mol. The number of rotatable bonds is 4. The van der Waals surface area contributed by atoms with Crippen molar-refractivity contribution in [1.82, 2.24) is 0 Å². The van der Waals surface area contributed by atoms with Gasteiger partial charge >= 0.3 is 0 Å². The van der Waals surface area contributed by atoms with Gasteiger partial charge in [-0.2, -0.15) is 0 Å². The zero-order valence-corrected chi connectivity index (χ0v) is 12.9. The summed E-state index contributed by atoms with van der Waals surface area (Å²) in [5.74, 6) is 0. The summed E-state index contributed by atoms with van der Waals surface area (Å²) >= 11 is 0. The maximum absolute atomic E-state index is 2.24. The molecule has 0 spiro atoms. The molecule has 0 aliphatic rings. The Hall–Kier alpha value is -1.58.